The van der Waals surface area contributed by atoms with Crippen LogP contribution in [0.3, 0.4) is 0 Å². The van der Waals surface area contributed by atoms with E-state index in [1.54, 1.807) is 43.5 Å². The molecule has 0 aliphatic heterocycles. The number of hydrogen-bond acceptors (Lipinski definition) is 3. The van der Waals surface area contributed by atoms with E-state index < -0.39 is 0 Å². The first-order valence-electron chi connectivity index (χ1n) is 9.65. The average molecular weight is 420 g/mol. The molecule has 0 atom stereocenters. The molecule has 152 valence electrons. The van der Waals surface area contributed by atoms with Crippen LogP contribution in [0, 0.1) is 0 Å². The minimum Gasteiger partial charge on any atom is -0.497 e. The Balaban J connectivity index is 1.67. The molecule has 0 unspecified atom stereocenters. The number of fused-ring (bicyclic) bond motifs is 1. The van der Waals surface area contributed by atoms with Crippen molar-refractivity contribution in [3.8, 4) is 17.0 Å². The van der Waals surface area contributed by atoms with Crippen molar-refractivity contribution in [1.82, 2.24) is 4.57 Å². The van der Waals surface area contributed by atoms with Gasteiger partial charge in [-0.2, -0.15) is 0 Å². The highest BCUT2D eigenvalue weighted by Gasteiger charge is 2.17. The maximum Gasteiger partial charge on any atom is 0.255 e. The minimum absolute atomic E-state index is 0.183. The van der Waals surface area contributed by atoms with Gasteiger partial charge in [0.25, 0.3) is 5.91 Å². The number of anilines is 2. The Hall–Kier alpha value is -3.44. The van der Waals surface area contributed by atoms with Crippen LogP contribution in [-0.2, 0) is 6.54 Å². The van der Waals surface area contributed by atoms with Crippen molar-refractivity contribution in [2.75, 3.05) is 18.2 Å². The van der Waals surface area contributed by atoms with E-state index >= 15 is 0 Å². The number of nitrogens with one attached hydrogen (secondary N) is 1. The average Bonchev–Trinajstić information content (AvgIpc) is 3.06. The molecule has 0 aliphatic carbocycles. The van der Waals surface area contributed by atoms with Gasteiger partial charge in [0, 0.05) is 33.8 Å². The summed E-state index contributed by atoms with van der Waals surface area (Å²) in [7, 11) is 1.64. The summed E-state index contributed by atoms with van der Waals surface area (Å²) in [4.78, 5) is 12.6. The number of carbonyl (C=O) groups is 1. The topological polar surface area (TPSA) is 69.3 Å². The fourth-order valence-corrected chi connectivity index (χ4v) is 3.77. The molecule has 4 aromatic rings. The second-order valence-corrected chi connectivity index (χ2v) is 7.36. The highest BCUT2D eigenvalue weighted by molar-refractivity contribution is 6.30. The molecule has 1 aromatic heterocycles. The van der Waals surface area contributed by atoms with Crippen molar-refractivity contribution in [2.45, 2.75) is 13.5 Å². The van der Waals surface area contributed by atoms with Gasteiger partial charge < -0.3 is 20.4 Å². The maximum atomic E-state index is 12.6. The largest absolute Gasteiger partial charge is 0.497 e. The highest BCUT2D eigenvalue weighted by atomic mass is 35.5. The van der Waals surface area contributed by atoms with E-state index in [1.165, 1.54) is 0 Å². The van der Waals surface area contributed by atoms with Crippen molar-refractivity contribution in [1.29, 1.82) is 0 Å². The molecule has 1 amide bonds. The van der Waals surface area contributed by atoms with Crippen LogP contribution >= 0.6 is 11.6 Å². The first-order valence-corrected chi connectivity index (χ1v) is 10.0. The van der Waals surface area contributed by atoms with Crippen molar-refractivity contribution in [2.24, 2.45) is 0 Å². The number of rotatable bonds is 5. The van der Waals surface area contributed by atoms with Crippen molar-refractivity contribution < 1.29 is 9.53 Å². The van der Waals surface area contributed by atoms with Gasteiger partial charge in [-0.15, -0.1) is 0 Å². The van der Waals surface area contributed by atoms with E-state index in [0.29, 0.717) is 22.0 Å². The van der Waals surface area contributed by atoms with Gasteiger partial charge in [0.2, 0.25) is 0 Å². The van der Waals surface area contributed by atoms with Crippen LogP contribution in [0.4, 0.5) is 11.4 Å². The summed E-state index contributed by atoms with van der Waals surface area (Å²) < 4.78 is 7.52. The Kier molecular flexibility index (Phi) is 5.38. The van der Waals surface area contributed by atoms with Gasteiger partial charge in [0.05, 0.1) is 24.0 Å². The number of hydrogen-bond donors (Lipinski definition) is 2. The van der Waals surface area contributed by atoms with E-state index in [4.69, 9.17) is 22.1 Å². The molecule has 0 fully saturated rings. The van der Waals surface area contributed by atoms with Crippen LogP contribution < -0.4 is 15.8 Å². The molecule has 3 aromatic carbocycles. The second kappa shape index (κ2) is 8.13. The number of nitrogen functional groups attached to an aromatic ring is 1. The lowest BCUT2D eigenvalue weighted by atomic mass is 10.1. The van der Waals surface area contributed by atoms with E-state index in [9.17, 15) is 4.79 Å². The zero-order chi connectivity index (χ0) is 21.3. The van der Waals surface area contributed by atoms with Gasteiger partial charge >= 0.3 is 0 Å². The molecule has 3 N–H and O–H groups in total. The number of benzene rings is 3. The summed E-state index contributed by atoms with van der Waals surface area (Å²) >= 11 is 5.89. The molecular formula is C24H22ClN3O2. The van der Waals surface area contributed by atoms with Crippen LogP contribution in [0.2, 0.25) is 5.02 Å². The fraction of sp³-hybridized carbons (Fsp3) is 0.125. The van der Waals surface area contributed by atoms with E-state index in [0.717, 1.165) is 34.5 Å². The Bertz CT molecular complexity index is 1210. The first-order chi connectivity index (χ1) is 14.5. The van der Waals surface area contributed by atoms with Crippen molar-refractivity contribution in [3.05, 3.63) is 77.3 Å². The van der Waals surface area contributed by atoms with Crippen LogP contribution in [0.1, 0.15) is 17.3 Å². The lowest BCUT2D eigenvalue weighted by molar-refractivity contribution is 0.102. The van der Waals surface area contributed by atoms with Crippen LogP contribution in [0.25, 0.3) is 22.2 Å². The van der Waals surface area contributed by atoms with E-state index in [-0.39, 0.29) is 5.91 Å². The fourth-order valence-electron chi connectivity index (χ4n) is 3.64. The zero-order valence-corrected chi connectivity index (χ0v) is 17.5. The first kappa shape index (κ1) is 19.9. The number of aryl methyl sites for hydroxylation is 1. The minimum atomic E-state index is -0.183. The highest BCUT2D eigenvalue weighted by Crippen LogP contribution is 2.37. The Labute approximate surface area is 180 Å². The third-order valence-electron chi connectivity index (χ3n) is 5.15. The van der Waals surface area contributed by atoms with Gasteiger partial charge in [0.15, 0.2) is 0 Å². The van der Waals surface area contributed by atoms with Gasteiger partial charge in [-0.05, 0) is 61.5 Å². The SMILES string of the molecule is CCn1c(-c2ccc(C(=O)Nc3ccc(Cl)cc3)cc2)c(N)c2cc(OC)ccc21. The smallest absolute Gasteiger partial charge is 0.255 e. The lowest BCUT2D eigenvalue weighted by Crippen LogP contribution is -2.11. The molecule has 0 aliphatic rings. The van der Waals surface area contributed by atoms with Crippen LogP contribution in [0.5, 0.6) is 5.75 Å². The van der Waals surface area contributed by atoms with Crippen LogP contribution in [0.15, 0.2) is 66.7 Å². The van der Waals surface area contributed by atoms with E-state index in [2.05, 4.69) is 16.8 Å². The van der Waals surface area contributed by atoms with Crippen molar-refractivity contribution >= 4 is 39.8 Å². The number of nitrogens with two attached hydrogens (primary N) is 1. The number of amides is 1. The summed E-state index contributed by atoms with van der Waals surface area (Å²) in [6, 6.07) is 20.4. The van der Waals surface area contributed by atoms with Gasteiger partial charge in [-0.25, -0.2) is 0 Å². The summed E-state index contributed by atoms with van der Waals surface area (Å²) in [5, 5.41) is 4.45. The van der Waals surface area contributed by atoms with Crippen LogP contribution in [-0.4, -0.2) is 17.6 Å². The second-order valence-electron chi connectivity index (χ2n) is 6.93. The van der Waals surface area contributed by atoms with E-state index in [1.807, 2.05) is 30.3 Å². The molecule has 0 radical (unpaired) electrons. The molecule has 1 heterocycles. The van der Waals surface area contributed by atoms with Crippen molar-refractivity contribution in [3.63, 3.8) is 0 Å². The number of nitrogens with zero attached hydrogens (tertiary/aromatic N) is 1. The molecule has 0 bridgehead atoms. The molecule has 0 spiro atoms. The summed E-state index contributed by atoms with van der Waals surface area (Å²) in [6.07, 6.45) is 0. The molecule has 30 heavy (non-hydrogen) atoms. The normalized spacial score (nSPS) is 10.9. The molecule has 5 nitrogen and oxygen atoms in total. The number of halogens is 1. The number of carbonyl (C=O) groups excluding carboxylic acids is 1. The van der Waals surface area contributed by atoms with Gasteiger partial charge in [-0.3, -0.25) is 4.79 Å². The molecule has 0 saturated heterocycles. The molecule has 0 saturated carbocycles. The molecule has 6 heteroatoms. The third kappa shape index (κ3) is 3.60. The predicted molar refractivity (Wildman–Crippen MR) is 123 cm³/mol. The summed E-state index contributed by atoms with van der Waals surface area (Å²) in [5.74, 6) is 0.584. The Morgan fingerprint density at radius 1 is 1.07 bits per heavy atom. The maximum absolute atomic E-state index is 12.6. The summed E-state index contributed by atoms with van der Waals surface area (Å²) in [5.41, 5.74) is 11.4. The quantitative estimate of drug-likeness (QED) is 0.428. The third-order valence-corrected chi connectivity index (χ3v) is 5.40. The molecule has 4 rings (SSSR count). The Morgan fingerprint density at radius 3 is 2.40 bits per heavy atom. The summed E-state index contributed by atoms with van der Waals surface area (Å²) in [6.45, 7) is 2.86. The predicted octanol–water partition coefficient (Wildman–Crippen LogP) is 5.82. The lowest BCUT2D eigenvalue weighted by Gasteiger charge is -2.10. The number of aromatic nitrogens is 1. The monoisotopic (exact) mass is 419 g/mol. The standard InChI is InChI=1S/C24H22ClN3O2/c1-3-28-21-13-12-19(30-2)14-20(21)22(26)23(28)15-4-6-16(7-5-15)24(29)27-18-10-8-17(25)9-11-18/h4-14H,3,26H2,1-2H3,(H,27,29). The van der Waals surface area contributed by atoms with Gasteiger partial charge in [-0.1, -0.05) is 23.7 Å². The zero-order valence-electron chi connectivity index (χ0n) is 16.8. The Morgan fingerprint density at radius 2 is 1.77 bits per heavy atom. The number of ether oxygens (including phenoxy) is 1. The molecular weight excluding hydrogens is 398 g/mol. The van der Waals surface area contributed by atoms with Gasteiger partial charge in [0.1, 0.15) is 5.75 Å². The number of methoxy groups -OCH3 is 1.